The van der Waals surface area contributed by atoms with E-state index < -0.39 is 16.2 Å². The molecule has 1 atom stereocenters. The third kappa shape index (κ3) is 1.75. The number of hydrogen-bond acceptors (Lipinski definition) is 2. The Hall–Kier alpha value is -0.710. The number of carbonyl (C=O) groups excluding carboxylic acids is 1. The van der Waals surface area contributed by atoms with E-state index in [4.69, 9.17) is 4.74 Å². The fourth-order valence-corrected chi connectivity index (χ4v) is 2.85. The summed E-state index contributed by atoms with van der Waals surface area (Å²) in [6.07, 6.45) is 1.07. The summed E-state index contributed by atoms with van der Waals surface area (Å²) in [5.41, 5.74) is 0.143. The first-order chi connectivity index (χ1) is 7.70. The lowest BCUT2D eigenvalue weighted by molar-refractivity contribution is -0.122. The van der Waals surface area contributed by atoms with Gasteiger partial charge in [-0.15, -0.1) is 0 Å². The molecule has 0 radical (unpaired) electrons. The predicted molar refractivity (Wildman–Crippen MR) is 63.2 cm³/mol. The zero-order valence-corrected chi connectivity index (χ0v) is 11.4. The second kappa shape index (κ2) is 3.64. The number of allylic oxidation sites excluding steroid dienone is 3. The van der Waals surface area contributed by atoms with Crippen LogP contribution in [0.25, 0.3) is 0 Å². The van der Waals surface area contributed by atoms with Crippen LogP contribution in [0.5, 0.6) is 0 Å². The van der Waals surface area contributed by atoms with Crippen molar-refractivity contribution in [3.8, 4) is 0 Å². The molecule has 0 aromatic heterocycles. The quantitative estimate of drug-likeness (QED) is 0.695. The summed E-state index contributed by atoms with van der Waals surface area (Å²) in [6, 6.07) is 0. The highest BCUT2D eigenvalue weighted by Crippen LogP contribution is 2.50. The topological polar surface area (TPSA) is 26.3 Å². The highest BCUT2D eigenvalue weighted by Gasteiger charge is 2.52. The Morgan fingerprint density at radius 1 is 1.47 bits per heavy atom. The number of ketones is 1. The number of carbonyl (C=O) groups is 1. The van der Waals surface area contributed by atoms with E-state index >= 15 is 0 Å². The lowest BCUT2D eigenvalue weighted by atomic mass is 9.87. The van der Waals surface area contributed by atoms with Crippen molar-refractivity contribution >= 4 is 21.7 Å². The number of methoxy groups -OCH3 is 1. The van der Waals surface area contributed by atoms with E-state index in [1.807, 2.05) is 0 Å². The second-order valence-electron chi connectivity index (χ2n) is 5.04. The predicted octanol–water partition coefficient (Wildman–Crippen LogP) is 3.22. The molecule has 0 fully saturated rings. The molecular formula is C12H13BrF2O2. The summed E-state index contributed by atoms with van der Waals surface area (Å²) in [5, 5.41) is 0. The highest BCUT2D eigenvalue weighted by molar-refractivity contribution is 9.09. The molecule has 0 N–H and O–H groups in total. The minimum atomic E-state index is -3.02. The summed E-state index contributed by atoms with van der Waals surface area (Å²) in [6.45, 7) is 3.53. The Morgan fingerprint density at radius 3 is 2.59 bits per heavy atom. The number of Topliss-reactive ketones (excluding diaryl/α,β-unsaturated/α-hetero) is 1. The van der Waals surface area contributed by atoms with Gasteiger partial charge in [0.25, 0.3) is 5.92 Å². The largest absolute Gasteiger partial charge is 0.496 e. The van der Waals surface area contributed by atoms with E-state index in [1.165, 1.54) is 7.11 Å². The van der Waals surface area contributed by atoms with Crippen LogP contribution in [0.3, 0.4) is 0 Å². The lowest BCUT2D eigenvalue weighted by Gasteiger charge is -2.26. The van der Waals surface area contributed by atoms with Crippen molar-refractivity contribution in [2.45, 2.75) is 31.0 Å². The summed E-state index contributed by atoms with van der Waals surface area (Å²) in [7, 11) is 1.31. The molecule has 2 nitrogen and oxygen atoms in total. The number of alkyl halides is 3. The third-order valence-electron chi connectivity index (χ3n) is 3.23. The molecule has 2 rings (SSSR count). The van der Waals surface area contributed by atoms with E-state index in [0.29, 0.717) is 17.6 Å². The van der Waals surface area contributed by atoms with Crippen molar-refractivity contribution in [2.75, 3.05) is 7.11 Å². The molecule has 0 spiro atoms. The van der Waals surface area contributed by atoms with Crippen LogP contribution in [0.1, 0.15) is 20.3 Å². The fraction of sp³-hybridized carbons (Fsp3) is 0.583. The molecule has 0 aromatic carbocycles. The molecule has 1 unspecified atom stereocenters. The second-order valence-corrected chi connectivity index (χ2v) is 5.96. The van der Waals surface area contributed by atoms with Crippen LogP contribution >= 0.6 is 15.9 Å². The van der Waals surface area contributed by atoms with E-state index in [9.17, 15) is 13.6 Å². The number of halogens is 3. The molecule has 0 amide bonds. The van der Waals surface area contributed by atoms with Crippen molar-refractivity contribution in [3.05, 3.63) is 23.0 Å². The maximum Gasteiger partial charge on any atom is 0.286 e. The minimum absolute atomic E-state index is 0.00345. The van der Waals surface area contributed by atoms with Crippen LogP contribution in [0, 0.1) is 5.41 Å². The molecule has 0 aliphatic heterocycles. The van der Waals surface area contributed by atoms with Gasteiger partial charge in [-0.1, -0.05) is 29.8 Å². The molecule has 5 heteroatoms. The Morgan fingerprint density at radius 2 is 2.06 bits per heavy atom. The van der Waals surface area contributed by atoms with Gasteiger partial charge in [0.15, 0.2) is 5.78 Å². The van der Waals surface area contributed by atoms with Gasteiger partial charge in [0.05, 0.1) is 12.7 Å². The molecule has 0 heterocycles. The number of ether oxygens (including phenoxy) is 1. The van der Waals surface area contributed by atoms with Crippen molar-refractivity contribution in [2.24, 2.45) is 5.41 Å². The van der Waals surface area contributed by atoms with Crippen LogP contribution in [0.15, 0.2) is 23.0 Å². The zero-order valence-electron chi connectivity index (χ0n) is 9.81. The van der Waals surface area contributed by atoms with E-state index in [-0.39, 0.29) is 11.5 Å². The normalized spacial score (nSPS) is 30.1. The van der Waals surface area contributed by atoms with Gasteiger partial charge in [0.1, 0.15) is 10.6 Å². The van der Waals surface area contributed by atoms with Crippen LogP contribution in [0.4, 0.5) is 8.78 Å². The van der Waals surface area contributed by atoms with Gasteiger partial charge < -0.3 is 4.74 Å². The standard InChI is InChI=1S/C12H13BrF2O2/c1-11(2)4-6-8(10(11)16)7(17-3)5-12(14,15)9(6)13/h5,9H,4H2,1-3H3. The van der Waals surface area contributed by atoms with Gasteiger partial charge in [0, 0.05) is 11.5 Å². The van der Waals surface area contributed by atoms with E-state index in [1.54, 1.807) is 13.8 Å². The average Bonchev–Trinajstić information content (AvgIpc) is 2.45. The molecular weight excluding hydrogens is 294 g/mol. The van der Waals surface area contributed by atoms with Gasteiger partial charge in [-0.25, -0.2) is 8.78 Å². The van der Waals surface area contributed by atoms with Crippen molar-refractivity contribution in [1.82, 2.24) is 0 Å². The Bertz CT molecular complexity index is 449. The van der Waals surface area contributed by atoms with Gasteiger partial charge in [0.2, 0.25) is 0 Å². The zero-order chi connectivity index (χ0) is 13.0. The van der Waals surface area contributed by atoms with E-state index in [0.717, 1.165) is 6.08 Å². The molecule has 0 saturated heterocycles. The molecule has 0 bridgehead atoms. The number of hydrogen-bond donors (Lipinski definition) is 0. The molecule has 0 saturated carbocycles. The molecule has 94 valence electrons. The SMILES string of the molecule is COC1=CC(F)(F)C(Br)C2=C1C(=O)C(C)(C)C2. The fourth-order valence-electron chi connectivity index (χ4n) is 2.33. The summed E-state index contributed by atoms with van der Waals surface area (Å²) in [4.78, 5) is 11.0. The van der Waals surface area contributed by atoms with Crippen molar-refractivity contribution < 1.29 is 18.3 Å². The van der Waals surface area contributed by atoms with Gasteiger partial charge in [-0.3, -0.25) is 4.79 Å². The Balaban J connectivity index is 2.55. The van der Waals surface area contributed by atoms with Crippen molar-refractivity contribution in [1.29, 1.82) is 0 Å². The van der Waals surface area contributed by atoms with Crippen molar-refractivity contribution in [3.63, 3.8) is 0 Å². The highest BCUT2D eigenvalue weighted by atomic mass is 79.9. The van der Waals surface area contributed by atoms with Crippen LogP contribution in [-0.4, -0.2) is 23.6 Å². The summed E-state index contributed by atoms with van der Waals surface area (Å²) >= 11 is 2.99. The van der Waals surface area contributed by atoms with E-state index in [2.05, 4.69) is 15.9 Å². The third-order valence-corrected chi connectivity index (χ3v) is 4.39. The monoisotopic (exact) mass is 306 g/mol. The lowest BCUT2D eigenvalue weighted by Crippen LogP contribution is -2.32. The maximum absolute atomic E-state index is 13.7. The summed E-state index contributed by atoms with van der Waals surface area (Å²) < 4.78 is 32.3. The van der Waals surface area contributed by atoms with Crippen LogP contribution in [-0.2, 0) is 9.53 Å². The van der Waals surface area contributed by atoms with Gasteiger partial charge in [-0.05, 0) is 12.0 Å². The Kier molecular flexibility index (Phi) is 2.73. The van der Waals surface area contributed by atoms with Gasteiger partial charge >= 0.3 is 0 Å². The minimum Gasteiger partial charge on any atom is -0.496 e. The molecule has 17 heavy (non-hydrogen) atoms. The first kappa shape index (κ1) is 12.7. The first-order valence-electron chi connectivity index (χ1n) is 5.27. The molecule has 2 aliphatic carbocycles. The average molecular weight is 307 g/mol. The van der Waals surface area contributed by atoms with Crippen LogP contribution in [0.2, 0.25) is 0 Å². The van der Waals surface area contributed by atoms with Crippen LogP contribution < -0.4 is 0 Å². The Labute approximate surface area is 107 Å². The van der Waals surface area contributed by atoms with Gasteiger partial charge in [-0.2, -0.15) is 0 Å². The molecule has 2 aliphatic rings. The first-order valence-corrected chi connectivity index (χ1v) is 6.19. The maximum atomic E-state index is 13.7. The summed E-state index contributed by atoms with van der Waals surface area (Å²) in [5.74, 6) is -3.15. The molecule has 0 aromatic rings. The number of rotatable bonds is 1. The smallest absolute Gasteiger partial charge is 0.286 e.